The van der Waals surface area contributed by atoms with Gasteiger partial charge in [0.15, 0.2) is 6.79 Å². The van der Waals surface area contributed by atoms with Gasteiger partial charge in [0.05, 0.1) is 0 Å². The lowest BCUT2D eigenvalue weighted by molar-refractivity contribution is -0.141. The molecular formula is C20H22F3NO3. The number of aldehydes is 1. The van der Waals surface area contributed by atoms with Crippen LogP contribution in [0.15, 0.2) is 30.5 Å². The van der Waals surface area contributed by atoms with Crippen LogP contribution in [0.2, 0.25) is 0 Å². The van der Waals surface area contributed by atoms with Crippen molar-refractivity contribution in [2.75, 3.05) is 13.9 Å². The quantitative estimate of drug-likeness (QED) is 0.533. The third-order valence-electron chi connectivity index (χ3n) is 4.02. The molecule has 0 aliphatic rings. The van der Waals surface area contributed by atoms with Crippen molar-refractivity contribution in [2.24, 2.45) is 0 Å². The highest BCUT2D eigenvalue weighted by atomic mass is 19.4. The summed E-state index contributed by atoms with van der Waals surface area (Å²) in [5.41, 5.74) is 1.41. The molecule has 0 saturated carbocycles. The first-order valence-electron chi connectivity index (χ1n) is 8.34. The van der Waals surface area contributed by atoms with Crippen LogP contribution >= 0.6 is 0 Å². The molecule has 7 heteroatoms. The van der Waals surface area contributed by atoms with Crippen molar-refractivity contribution in [2.45, 2.75) is 38.8 Å². The molecule has 4 nitrogen and oxygen atoms in total. The van der Waals surface area contributed by atoms with E-state index in [2.05, 4.69) is 4.98 Å². The molecule has 27 heavy (non-hydrogen) atoms. The molecule has 0 unspecified atom stereocenters. The van der Waals surface area contributed by atoms with Crippen molar-refractivity contribution in [3.8, 4) is 16.9 Å². The van der Waals surface area contributed by atoms with Crippen LogP contribution in [-0.4, -0.2) is 25.2 Å². The lowest BCUT2D eigenvalue weighted by Gasteiger charge is -2.24. The van der Waals surface area contributed by atoms with Gasteiger partial charge in [0.1, 0.15) is 17.7 Å². The summed E-state index contributed by atoms with van der Waals surface area (Å²) in [4.78, 5) is 14.7. The number of pyridine rings is 1. The number of ether oxygens (including phenoxy) is 2. The Labute approximate surface area is 156 Å². The minimum Gasteiger partial charge on any atom is -0.467 e. The summed E-state index contributed by atoms with van der Waals surface area (Å²) in [6.07, 6.45) is -2.47. The molecule has 0 aliphatic carbocycles. The van der Waals surface area contributed by atoms with Crippen molar-refractivity contribution < 1.29 is 27.4 Å². The van der Waals surface area contributed by atoms with Crippen LogP contribution in [0.5, 0.6) is 5.75 Å². The fourth-order valence-electron chi connectivity index (χ4n) is 2.59. The van der Waals surface area contributed by atoms with Gasteiger partial charge in [-0.3, -0.25) is 4.98 Å². The second-order valence-electron chi connectivity index (χ2n) is 7.11. The van der Waals surface area contributed by atoms with Gasteiger partial charge in [-0.2, -0.15) is 13.2 Å². The molecule has 0 atom stereocenters. The van der Waals surface area contributed by atoms with Crippen LogP contribution in [0.1, 0.15) is 37.6 Å². The molecule has 0 bridgehead atoms. The largest absolute Gasteiger partial charge is 0.467 e. The van der Waals surface area contributed by atoms with E-state index < -0.39 is 11.9 Å². The summed E-state index contributed by atoms with van der Waals surface area (Å²) in [5.74, 6) is 0.401. The fraction of sp³-hybridized carbons (Fsp3) is 0.400. The topological polar surface area (TPSA) is 48.4 Å². The first kappa shape index (κ1) is 20.9. The van der Waals surface area contributed by atoms with Crippen LogP contribution in [-0.2, 0) is 27.5 Å². The minimum absolute atomic E-state index is 0.0538. The van der Waals surface area contributed by atoms with E-state index in [1.165, 1.54) is 13.2 Å². The van der Waals surface area contributed by atoms with Gasteiger partial charge in [0.25, 0.3) is 0 Å². The molecule has 1 aromatic heterocycles. The van der Waals surface area contributed by atoms with E-state index in [1.807, 2.05) is 32.9 Å². The molecule has 2 rings (SSSR count). The van der Waals surface area contributed by atoms with Gasteiger partial charge in [0, 0.05) is 36.4 Å². The lowest BCUT2D eigenvalue weighted by Crippen LogP contribution is -2.13. The molecule has 0 spiro atoms. The van der Waals surface area contributed by atoms with Gasteiger partial charge in [-0.05, 0) is 23.1 Å². The van der Waals surface area contributed by atoms with E-state index >= 15 is 0 Å². The van der Waals surface area contributed by atoms with Gasteiger partial charge in [0.2, 0.25) is 0 Å². The maximum atomic E-state index is 12.8. The van der Waals surface area contributed by atoms with E-state index in [0.29, 0.717) is 22.4 Å². The summed E-state index contributed by atoms with van der Waals surface area (Å²) in [6.45, 7) is 5.98. The van der Waals surface area contributed by atoms with Gasteiger partial charge < -0.3 is 14.3 Å². The normalized spacial score (nSPS) is 12.1. The molecule has 1 heterocycles. The number of methoxy groups -OCH3 is 1. The first-order chi connectivity index (χ1) is 12.6. The number of halogens is 3. The number of benzene rings is 1. The minimum atomic E-state index is -4.51. The Hall–Kier alpha value is -2.41. The third-order valence-corrected chi connectivity index (χ3v) is 4.02. The van der Waals surface area contributed by atoms with Crippen molar-refractivity contribution in [1.82, 2.24) is 4.98 Å². The predicted molar refractivity (Wildman–Crippen MR) is 95.6 cm³/mol. The summed E-state index contributed by atoms with van der Waals surface area (Å²) in [7, 11) is 1.46. The Kier molecular flexibility index (Phi) is 6.26. The molecule has 0 radical (unpaired) electrons. The van der Waals surface area contributed by atoms with E-state index in [9.17, 15) is 18.0 Å². The zero-order valence-corrected chi connectivity index (χ0v) is 15.7. The molecule has 0 N–H and O–H groups in total. The fourth-order valence-corrected chi connectivity index (χ4v) is 2.59. The number of carbonyl (C=O) groups excluding carboxylic acids is 1. The lowest BCUT2D eigenvalue weighted by atomic mass is 9.83. The number of nitrogens with zero attached hydrogens (tertiary/aromatic N) is 1. The van der Waals surface area contributed by atoms with Crippen molar-refractivity contribution in [1.29, 1.82) is 0 Å². The summed E-state index contributed by atoms with van der Waals surface area (Å²) in [5, 5.41) is 0. The van der Waals surface area contributed by atoms with Crippen molar-refractivity contribution in [3.63, 3.8) is 0 Å². The molecule has 0 saturated heterocycles. The van der Waals surface area contributed by atoms with Gasteiger partial charge in [-0.25, -0.2) is 0 Å². The first-order valence-corrected chi connectivity index (χ1v) is 8.34. The Bertz CT molecular complexity index is 794. The third kappa shape index (κ3) is 5.07. The Morgan fingerprint density at radius 2 is 1.85 bits per heavy atom. The SMILES string of the molecule is COCOc1c(CC=O)cc(C(C)(C)C)cc1-c1ccc(C(F)(F)F)nc1. The Morgan fingerprint density at radius 3 is 2.33 bits per heavy atom. The number of carbonyl (C=O) groups is 1. The highest BCUT2D eigenvalue weighted by Crippen LogP contribution is 2.39. The molecule has 146 valence electrons. The number of rotatable bonds is 6. The summed E-state index contributed by atoms with van der Waals surface area (Å²) >= 11 is 0. The number of hydrogen-bond acceptors (Lipinski definition) is 4. The average molecular weight is 381 g/mol. The Morgan fingerprint density at radius 1 is 1.15 bits per heavy atom. The van der Waals surface area contributed by atoms with Gasteiger partial charge in [-0.15, -0.1) is 0 Å². The van der Waals surface area contributed by atoms with Crippen LogP contribution in [0, 0.1) is 0 Å². The highest BCUT2D eigenvalue weighted by Gasteiger charge is 2.32. The van der Waals surface area contributed by atoms with Crippen LogP contribution < -0.4 is 4.74 Å². The molecular weight excluding hydrogens is 359 g/mol. The van der Waals surface area contributed by atoms with E-state index in [-0.39, 0.29) is 18.6 Å². The smallest absolute Gasteiger partial charge is 0.433 e. The monoisotopic (exact) mass is 381 g/mol. The average Bonchev–Trinajstić information content (AvgIpc) is 2.59. The van der Waals surface area contributed by atoms with Gasteiger partial charge in [-0.1, -0.05) is 32.9 Å². The standard InChI is InChI=1S/C20H22F3NO3/c1-19(2,3)15-9-13(7-8-25)18(27-12-26-4)16(10-15)14-5-6-17(24-11-14)20(21,22)23/h5-6,8-11H,7,12H2,1-4H3. The van der Waals surface area contributed by atoms with Crippen LogP contribution in [0.25, 0.3) is 11.1 Å². The number of alkyl halides is 3. The van der Waals surface area contributed by atoms with E-state index in [0.717, 1.165) is 24.1 Å². The molecule has 0 fully saturated rings. The zero-order valence-electron chi connectivity index (χ0n) is 15.7. The second-order valence-corrected chi connectivity index (χ2v) is 7.11. The zero-order chi connectivity index (χ0) is 20.2. The second kappa shape index (κ2) is 8.08. The summed E-state index contributed by atoms with van der Waals surface area (Å²) < 4.78 is 49.0. The van der Waals surface area contributed by atoms with Crippen LogP contribution in [0.4, 0.5) is 13.2 Å². The highest BCUT2D eigenvalue weighted by molar-refractivity contribution is 5.75. The van der Waals surface area contributed by atoms with Crippen molar-refractivity contribution >= 4 is 6.29 Å². The van der Waals surface area contributed by atoms with Crippen LogP contribution in [0.3, 0.4) is 0 Å². The molecule has 2 aromatic rings. The number of hydrogen-bond donors (Lipinski definition) is 0. The molecule has 0 aliphatic heterocycles. The molecule has 0 amide bonds. The molecule has 1 aromatic carbocycles. The van der Waals surface area contributed by atoms with Gasteiger partial charge >= 0.3 is 6.18 Å². The maximum Gasteiger partial charge on any atom is 0.433 e. The predicted octanol–water partition coefficient (Wildman–Crippen LogP) is 4.79. The Balaban J connectivity index is 2.66. The van der Waals surface area contributed by atoms with E-state index in [1.54, 1.807) is 0 Å². The maximum absolute atomic E-state index is 12.8. The van der Waals surface area contributed by atoms with E-state index in [4.69, 9.17) is 9.47 Å². The summed E-state index contributed by atoms with van der Waals surface area (Å²) in [6, 6.07) is 6.00. The number of aromatic nitrogens is 1. The van der Waals surface area contributed by atoms with Crippen molar-refractivity contribution in [3.05, 3.63) is 47.3 Å².